The molecule has 9 heteroatoms. The minimum absolute atomic E-state index is 0.0401. The van der Waals surface area contributed by atoms with Crippen LogP contribution in [0.15, 0.2) is 54.1 Å². The Hall–Kier alpha value is -4.17. The number of hydrogen-bond donors (Lipinski definition) is 2. The van der Waals surface area contributed by atoms with E-state index in [9.17, 15) is 24.3 Å². The van der Waals surface area contributed by atoms with Gasteiger partial charge in [0.15, 0.2) is 0 Å². The second-order valence-corrected chi connectivity index (χ2v) is 8.52. The van der Waals surface area contributed by atoms with Crippen LogP contribution in [-0.2, 0) is 16.0 Å². The van der Waals surface area contributed by atoms with Crippen LogP contribution in [0.4, 0.5) is 10.5 Å². The summed E-state index contributed by atoms with van der Waals surface area (Å²) in [6.07, 6.45) is 2.24. The zero-order valence-corrected chi connectivity index (χ0v) is 20.0. The summed E-state index contributed by atoms with van der Waals surface area (Å²) in [6.45, 7) is 5.60. The molecule has 4 rings (SSSR count). The van der Waals surface area contributed by atoms with Crippen LogP contribution in [-0.4, -0.2) is 33.5 Å². The number of benzene rings is 2. The highest BCUT2D eigenvalue weighted by atomic mass is 35.5. The number of rotatable bonds is 5. The van der Waals surface area contributed by atoms with Crippen molar-refractivity contribution < 1.29 is 24.3 Å². The number of aromatic nitrogens is 1. The number of aromatic carboxylic acids is 1. The van der Waals surface area contributed by atoms with Crippen LogP contribution in [0.25, 0.3) is 11.8 Å². The first-order valence-electron chi connectivity index (χ1n) is 10.8. The van der Waals surface area contributed by atoms with Crippen LogP contribution in [0.2, 0.25) is 5.02 Å². The van der Waals surface area contributed by atoms with Crippen LogP contribution >= 0.6 is 11.6 Å². The fourth-order valence-electron chi connectivity index (χ4n) is 4.08. The Morgan fingerprint density at radius 1 is 1.03 bits per heavy atom. The molecule has 0 bridgehead atoms. The van der Waals surface area contributed by atoms with E-state index < -0.39 is 23.8 Å². The highest BCUT2D eigenvalue weighted by molar-refractivity contribution is 6.39. The molecule has 2 aromatic carbocycles. The molecule has 1 aromatic heterocycles. The summed E-state index contributed by atoms with van der Waals surface area (Å²) in [7, 11) is 0. The lowest BCUT2D eigenvalue weighted by molar-refractivity contribution is -0.122. The summed E-state index contributed by atoms with van der Waals surface area (Å²) in [5.74, 6) is -2.67. The molecular weight excluding hydrogens is 470 g/mol. The van der Waals surface area contributed by atoms with Crippen molar-refractivity contribution in [1.82, 2.24) is 9.88 Å². The Labute approximate surface area is 206 Å². The molecule has 0 unspecified atom stereocenters. The maximum absolute atomic E-state index is 13.2. The Bertz CT molecular complexity index is 1420. The van der Waals surface area contributed by atoms with Crippen molar-refractivity contribution in [3.8, 4) is 5.69 Å². The fourth-order valence-corrected chi connectivity index (χ4v) is 4.27. The molecule has 35 heavy (non-hydrogen) atoms. The Morgan fingerprint density at radius 3 is 2.31 bits per heavy atom. The van der Waals surface area contributed by atoms with E-state index in [1.807, 2.05) is 26.0 Å². The van der Waals surface area contributed by atoms with Gasteiger partial charge in [-0.15, -0.1) is 0 Å². The van der Waals surface area contributed by atoms with E-state index in [-0.39, 0.29) is 16.2 Å². The standard InChI is InChI=1S/C26H22ClN3O5/c1-4-16-5-7-18(8-6-16)30-24(32)21(23(31)28-26(30)35)12-17-11-14(2)29(15(17)3)19-9-10-22(27)20(13-19)25(33)34/h5-13H,4H2,1-3H3,(H,33,34)(H,28,31,35)/b21-12-. The third-order valence-electron chi connectivity index (χ3n) is 5.91. The average Bonchev–Trinajstić information content (AvgIpc) is 3.10. The lowest BCUT2D eigenvalue weighted by Gasteiger charge is -2.26. The molecule has 0 radical (unpaired) electrons. The zero-order valence-electron chi connectivity index (χ0n) is 19.3. The number of hydrogen-bond acceptors (Lipinski definition) is 4. The number of amides is 4. The number of anilines is 1. The quantitative estimate of drug-likeness (QED) is 0.398. The molecule has 1 aliphatic rings. The van der Waals surface area contributed by atoms with Gasteiger partial charge in [-0.1, -0.05) is 30.7 Å². The summed E-state index contributed by atoms with van der Waals surface area (Å²) >= 11 is 6.00. The molecule has 0 atom stereocenters. The molecule has 1 saturated heterocycles. The monoisotopic (exact) mass is 491 g/mol. The molecule has 2 N–H and O–H groups in total. The van der Waals surface area contributed by atoms with Gasteiger partial charge in [-0.25, -0.2) is 14.5 Å². The molecule has 1 aliphatic heterocycles. The van der Waals surface area contributed by atoms with E-state index >= 15 is 0 Å². The van der Waals surface area contributed by atoms with Gasteiger partial charge in [-0.05, 0) is 73.9 Å². The van der Waals surface area contributed by atoms with E-state index in [1.165, 1.54) is 18.2 Å². The summed E-state index contributed by atoms with van der Waals surface area (Å²) in [5.41, 5.74) is 3.74. The van der Waals surface area contributed by atoms with E-state index in [4.69, 9.17) is 11.6 Å². The lowest BCUT2D eigenvalue weighted by atomic mass is 10.1. The average molecular weight is 492 g/mol. The van der Waals surface area contributed by atoms with Gasteiger partial charge in [0, 0.05) is 17.1 Å². The fraction of sp³-hybridized carbons (Fsp3) is 0.154. The number of halogens is 1. The number of carboxylic acid groups (broad SMARTS) is 1. The van der Waals surface area contributed by atoms with Crippen LogP contribution in [0.5, 0.6) is 0 Å². The van der Waals surface area contributed by atoms with E-state index in [1.54, 1.807) is 35.8 Å². The van der Waals surface area contributed by atoms with Crippen LogP contribution < -0.4 is 10.2 Å². The van der Waals surface area contributed by atoms with Crippen molar-refractivity contribution in [1.29, 1.82) is 0 Å². The summed E-state index contributed by atoms with van der Waals surface area (Å²) < 4.78 is 1.80. The number of barbiturate groups is 1. The highest BCUT2D eigenvalue weighted by Gasteiger charge is 2.37. The molecule has 1 fully saturated rings. The molecule has 0 spiro atoms. The van der Waals surface area contributed by atoms with Crippen molar-refractivity contribution in [2.45, 2.75) is 27.2 Å². The van der Waals surface area contributed by atoms with Gasteiger partial charge in [-0.2, -0.15) is 0 Å². The van der Waals surface area contributed by atoms with Gasteiger partial charge in [0.2, 0.25) is 0 Å². The number of carbonyl (C=O) groups is 4. The third kappa shape index (κ3) is 4.36. The molecule has 4 amide bonds. The van der Waals surface area contributed by atoms with Crippen LogP contribution in [0.3, 0.4) is 0 Å². The minimum Gasteiger partial charge on any atom is -0.478 e. The normalized spacial score (nSPS) is 15.0. The maximum Gasteiger partial charge on any atom is 0.337 e. The predicted molar refractivity (Wildman–Crippen MR) is 132 cm³/mol. The molecular formula is C26H22ClN3O5. The maximum atomic E-state index is 13.2. The number of imide groups is 2. The van der Waals surface area contributed by atoms with Crippen LogP contribution in [0.1, 0.15) is 39.8 Å². The van der Waals surface area contributed by atoms with Gasteiger partial charge in [0.1, 0.15) is 5.57 Å². The van der Waals surface area contributed by atoms with Crippen molar-refractivity contribution in [3.05, 3.63) is 87.2 Å². The number of carboxylic acids is 1. The smallest absolute Gasteiger partial charge is 0.337 e. The lowest BCUT2D eigenvalue weighted by Crippen LogP contribution is -2.54. The summed E-state index contributed by atoms with van der Waals surface area (Å²) in [6, 6.07) is 12.6. The van der Waals surface area contributed by atoms with E-state index in [2.05, 4.69) is 5.32 Å². The zero-order chi connectivity index (χ0) is 25.4. The third-order valence-corrected chi connectivity index (χ3v) is 6.24. The van der Waals surface area contributed by atoms with Gasteiger partial charge in [0.25, 0.3) is 11.8 Å². The first-order valence-corrected chi connectivity index (χ1v) is 11.2. The van der Waals surface area contributed by atoms with E-state index in [0.717, 1.165) is 22.6 Å². The Morgan fingerprint density at radius 2 is 1.69 bits per heavy atom. The van der Waals surface area contributed by atoms with Gasteiger partial charge in [0.05, 0.1) is 16.3 Å². The van der Waals surface area contributed by atoms with Crippen molar-refractivity contribution in [2.75, 3.05) is 4.90 Å². The number of nitrogens with one attached hydrogen (secondary N) is 1. The largest absolute Gasteiger partial charge is 0.478 e. The second kappa shape index (κ2) is 9.23. The molecule has 3 aromatic rings. The second-order valence-electron chi connectivity index (χ2n) is 8.11. The van der Waals surface area contributed by atoms with Gasteiger partial charge >= 0.3 is 12.0 Å². The molecule has 0 aliphatic carbocycles. The number of carbonyl (C=O) groups excluding carboxylic acids is 3. The summed E-state index contributed by atoms with van der Waals surface area (Å²) in [5, 5.41) is 11.8. The topological polar surface area (TPSA) is 109 Å². The Kier molecular flexibility index (Phi) is 6.32. The van der Waals surface area contributed by atoms with Crippen molar-refractivity contribution >= 4 is 47.2 Å². The first kappa shape index (κ1) is 24.0. The van der Waals surface area contributed by atoms with Crippen LogP contribution in [0, 0.1) is 13.8 Å². The SMILES string of the molecule is CCc1ccc(N2C(=O)NC(=O)/C(=C/c3cc(C)n(-c4ccc(Cl)c(C(=O)O)c4)c3C)C2=O)cc1. The first-order chi connectivity index (χ1) is 16.6. The summed E-state index contributed by atoms with van der Waals surface area (Å²) in [4.78, 5) is 50.7. The predicted octanol–water partition coefficient (Wildman–Crippen LogP) is 4.67. The molecule has 8 nitrogen and oxygen atoms in total. The van der Waals surface area contributed by atoms with Gasteiger partial charge < -0.3 is 9.67 Å². The van der Waals surface area contributed by atoms with Crippen molar-refractivity contribution in [3.63, 3.8) is 0 Å². The number of aryl methyl sites for hydroxylation is 2. The Balaban J connectivity index is 1.75. The molecule has 2 heterocycles. The number of urea groups is 1. The highest BCUT2D eigenvalue weighted by Crippen LogP contribution is 2.28. The van der Waals surface area contributed by atoms with Gasteiger partial charge in [-0.3, -0.25) is 14.9 Å². The van der Waals surface area contributed by atoms with Crippen molar-refractivity contribution in [2.24, 2.45) is 0 Å². The molecule has 0 saturated carbocycles. The van der Waals surface area contributed by atoms with E-state index in [0.29, 0.717) is 22.6 Å². The number of nitrogens with zero attached hydrogens (tertiary/aromatic N) is 2. The molecule has 178 valence electrons. The minimum atomic E-state index is -1.15.